The Morgan fingerprint density at radius 2 is 2.54 bits per heavy atom. The second-order valence-corrected chi connectivity index (χ2v) is 3.40. The van der Waals surface area contributed by atoms with E-state index in [9.17, 15) is 4.79 Å². The molecule has 1 amide bonds. The molecule has 0 spiro atoms. The molecule has 2 N–H and O–H groups in total. The van der Waals surface area contributed by atoms with Crippen molar-refractivity contribution in [2.24, 2.45) is 5.73 Å². The minimum atomic E-state index is -0.326. The van der Waals surface area contributed by atoms with Crippen molar-refractivity contribution >= 4 is 5.91 Å². The molecule has 2 unspecified atom stereocenters. The normalized spacial score (nSPS) is 24.5. The van der Waals surface area contributed by atoms with E-state index in [1.54, 1.807) is 4.90 Å². The Labute approximate surface area is 79.3 Å². The first kappa shape index (κ1) is 10.1. The molecular formula is C10H16N2O. The highest BCUT2D eigenvalue weighted by atomic mass is 16.2. The van der Waals surface area contributed by atoms with Gasteiger partial charge in [-0.1, -0.05) is 19.3 Å². The number of nitrogens with zero attached hydrogens (tertiary/aromatic N) is 1. The van der Waals surface area contributed by atoms with Gasteiger partial charge in [-0.25, -0.2) is 0 Å². The number of amides is 1. The third kappa shape index (κ3) is 2.02. The maximum absolute atomic E-state index is 11.5. The number of hydrogen-bond donors (Lipinski definition) is 1. The molecule has 3 heteroatoms. The first-order valence-corrected chi connectivity index (χ1v) is 4.73. The predicted octanol–water partition coefficient (Wildman–Crippen LogP) is 0.348. The first-order chi connectivity index (χ1) is 6.20. The van der Waals surface area contributed by atoms with Crippen molar-refractivity contribution in [1.29, 1.82) is 0 Å². The quantitative estimate of drug-likeness (QED) is 0.637. The summed E-state index contributed by atoms with van der Waals surface area (Å²) in [5.41, 5.74) is 5.60. The topological polar surface area (TPSA) is 46.3 Å². The van der Waals surface area contributed by atoms with Crippen molar-refractivity contribution in [2.45, 2.75) is 38.3 Å². The molecule has 0 aromatic carbocycles. The molecule has 0 aliphatic carbocycles. The van der Waals surface area contributed by atoms with Gasteiger partial charge in [-0.15, -0.1) is 6.42 Å². The minimum Gasteiger partial charge on any atom is -0.327 e. The molecule has 0 aromatic rings. The Hall–Kier alpha value is -1.01. The lowest BCUT2D eigenvalue weighted by molar-refractivity contribution is -0.129. The summed E-state index contributed by atoms with van der Waals surface area (Å²) in [4.78, 5) is 13.2. The molecule has 1 heterocycles. The summed E-state index contributed by atoms with van der Waals surface area (Å²) >= 11 is 0. The van der Waals surface area contributed by atoms with E-state index < -0.39 is 0 Å². The van der Waals surface area contributed by atoms with Crippen LogP contribution in [0.5, 0.6) is 0 Å². The highest BCUT2D eigenvalue weighted by Crippen LogP contribution is 2.15. The number of likely N-dealkylation sites (tertiary alicyclic amines) is 1. The number of rotatable bonds is 3. The van der Waals surface area contributed by atoms with E-state index in [1.165, 1.54) is 0 Å². The largest absolute Gasteiger partial charge is 0.327 e. The monoisotopic (exact) mass is 180 g/mol. The molecule has 72 valence electrons. The second-order valence-electron chi connectivity index (χ2n) is 3.40. The van der Waals surface area contributed by atoms with E-state index in [2.05, 4.69) is 12.8 Å². The van der Waals surface area contributed by atoms with Gasteiger partial charge in [0.15, 0.2) is 0 Å². The molecule has 1 aliphatic rings. The first-order valence-electron chi connectivity index (χ1n) is 4.73. The molecule has 1 fully saturated rings. The van der Waals surface area contributed by atoms with Crippen LogP contribution in [-0.4, -0.2) is 29.4 Å². The average molecular weight is 180 g/mol. The van der Waals surface area contributed by atoms with Gasteiger partial charge < -0.3 is 10.6 Å². The number of nitrogens with two attached hydrogens (primary N) is 1. The van der Waals surface area contributed by atoms with E-state index in [-0.39, 0.29) is 18.0 Å². The molecule has 0 bridgehead atoms. The summed E-state index contributed by atoms with van der Waals surface area (Å²) in [5, 5.41) is 0. The van der Waals surface area contributed by atoms with Crippen molar-refractivity contribution < 1.29 is 4.79 Å². The van der Waals surface area contributed by atoms with Gasteiger partial charge >= 0.3 is 0 Å². The van der Waals surface area contributed by atoms with Gasteiger partial charge in [0.1, 0.15) is 0 Å². The van der Waals surface area contributed by atoms with Gasteiger partial charge in [-0.2, -0.15) is 0 Å². The highest BCUT2D eigenvalue weighted by Gasteiger charge is 2.32. The lowest BCUT2D eigenvalue weighted by Crippen LogP contribution is -2.40. The number of carbonyl (C=O) groups excluding carboxylic acids is 1. The van der Waals surface area contributed by atoms with Crippen LogP contribution in [0.3, 0.4) is 0 Å². The molecule has 1 aliphatic heterocycles. The van der Waals surface area contributed by atoms with Gasteiger partial charge in [0.2, 0.25) is 5.91 Å². The van der Waals surface area contributed by atoms with Crippen molar-refractivity contribution in [3.8, 4) is 12.3 Å². The van der Waals surface area contributed by atoms with Gasteiger partial charge in [0.25, 0.3) is 0 Å². The summed E-state index contributed by atoms with van der Waals surface area (Å²) in [5.74, 6) is 2.66. The van der Waals surface area contributed by atoms with E-state index in [0.717, 1.165) is 25.8 Å². The number of hydrogen-bond acceptors (Lipinski definition) is 2. The minimum absolute atomic E-state index is 0.0106. The standard InChI is InChI=1S/C10H16N2O/c1-3-5-8(4-2)12-7-6-9(11)10(12)13/h2,8-9H,3,5-7,11H2,1H3. The lowest BCUT2D eigenvalue weighted by atomic mass is 10.1. The van der Waals surface area contributed by atoms with Crippen molar-refractivity contribution in [3.63, 3.8) is 0 Å². The summed E-state index contributed by atoms with van der Waals surface area (Å²) in [6.07, 6.45) is 7.96. The molecular weight excluding hydrogens is 164 g/mol. The Kier molecular flexibility index (Phi) is 3.32. The summed E-state index contributed by atoms with van der Waals surface area (Å²) < 4.78 is 0. The van der Waals surface area contributed by atoms with Crippen LogP contribution in [0.4, 0.5) is 0 Å². The fourth-order valence-corrected chi connectivity index (χ4v) is 1.64. The van der Waals surface area contributed by atoms with Crippen molar-refractivity contribution in [2.75, 3.05) is 6.54 Å². The van der Waals surface area contributed by atoms with Crippen LogP contribution < -0.4 is 5.73 Å². The molecule has 13 heavy (non-hydrogen) atoms. The Bertz CT molecular complexity index is 232. The summed E-state index contributed by atoms with van der Waals surface area (Å²) in [7, 11) is 0. The molecule has 0 saturated carbocycles. The van der Waals surface area contributed by atoms with Gasteiger partial charge in [-0.3, -0.25) is 4.79 Å². The average Bonchev–Trinajstić information content (AvgIpc) is 2.45. The van der Waals surface area contributed by atoms with Gasteiger partial charge in [0.05, 0.1) is 12.1 Å². The number of carbonyl (C=O) groups is 1. The van der Waals surface area contributed by atoms with Crippen LogP contribution in [-0.2, 0) is 4.79 Å². The van der Waals surface area contributed by atoms with Crippen LogP contribution >= 0.6 is 0 Å². The molecule has 1 rings (SSSR count). The lowest BCUT2D eigenvalue weighted by Gasteiger charge is -2.22. The maximum Gasteiger partial charge on any atom is 0.240 e. The molecule has 0 radical (unpaired) electrons. The second kappa shape index (κ2) is 4.29. The Morgan fingerprint density at radius 1 is 1.85 bits per heavy atom. The van der Waals surface area contributed by atoms with Crippen molar-refractivity contribution in [3.05, 3.63) is 0 Å². The number of terminal acetylenes is 1. The Balaban J connectivity index is 2.61. The van der Waals surface area contributed by atoms with Gasteiger partial charge in [-0.05, 0) is 12.8 Å². The van der Waals surface area contributed by atoms with E-state index in [0.29, 0.717) is 0 Å². The van der Waals surface area contributed by atoms with Crippen LogP contribution in [0.25, 0.3) is 0 Å². The smallest absolute Gasteiger partial charge is 0.240 e. The zero-order chi connectivity index (χ0) is 9.84. The third-order valence-electron chi connectivity index (χ3n) is 2.41. The predicted molar refractivity (Wildman–Crippen MR) is 51.8 cm³/mol. The van der Waals surface area contributed by atoms with Crippen LogP contribution in [0.15, 0.2) is 0 Å². The van der Waals surface area contributed by atoms with E-state index >= 15 is 0 Å². The van der Waals surface area contributed by atoms with E-state index in [4.69, 9.17) is 12.2 Å². The molecule has 1 saturated heterocycles. The fraction of sp³-hybridized carbons (Fsp3) is 0.700. The third-order valence-corrected chi connectivity index (χ3v) is 2.41. The SMILES string of the molecule is C#CC(CCC)N1CCC(N)C1=O. The fourth-order valence-electron chi connectivity index (χ4n) is 1.64. The summed E-state index contributed by atoms with van der Waals surface area (Å²) in [6, 6.07) is -0.376. The van der Waals surface area contributed by atoms with Crippen LogP contribution in [0.2, 0.25) is 0 Å². The zero-order valence-electron chi connectivity index (χ0n) is 7.99. The molecule has 2 atom stereocenters. The Morgan fingerprint density at radius 3 is 2.92 bits per heavy atom. The van der Waals surface area contributed by atoms with Crippen LogP contribution in [0.1, 0.15) is 26.2 Å². The zero-order valence-corrected chi connectivity index (χ0v) is 7.99. The van der Waals surface area contributed by atoms with Crippen molar-refractivity contribution in [1.82, 2.24) is 4.90 Å². The maximum atomic E-state index is 11.5. The van der Waals surface area contributed by atoms with Crippen LogP contribution in [0, 0.1) is 12.3 Å². The molecule has 0 aromatic heterocycles. The van der Waals surface area contributed by atoms with Gasteiger partial charge in [0, 0.05) is 6.54 Å². The summed E-state index contributed by atoms with van der Waals surface area (Å²) in [6.45, 7) is 2.78. The molecule has 3 nitrogen and oxygen atoms in total. The highest BCUT2D eigenvalue weighted by molar-refractivity contribution is 5.84. The van der Waals surface area contributed by atoms with E-state index in [1.807, 2.05) is 0 Å².